The molecule has 0 unspecified atom stereocenters. The average molecular weight is 249 g/mol. The van der Waals surface area contributed by atoms with E-state index in [-0.39, 0.29) is 25.0 Å². The van der Waals surface area contributed by atoms with Gasteiger partial charge >= 0.3 is 11.9 Å². The van der Waals surface area contributed by atoms with Crippen LogP contribution in [0.1, 0.15) is 6.92 Å². The van der Waals surface area contributed by atoms with Gasteiger partial charge in [-0.25, -0.2) is 0 Å². The maximum absolute atomic E-state index is 11.1. The molecule has 0 atom stereocenters. The Bertz CT molecular complexity index is 205. The molecule has 94 valence electrons. The van der Waals surface area contributed by atoms with Gasteiger partial charge in [0.15, 0.2) is 0 Å². The molecule has 0 aliphatic rings. The number of ether oxygens (including phenoxy) is 2. The molecule has 0 heterocycles. The van der Waals surface area contributed by atoms with Crippen LogP contribution >= 0.6 is 11.8 Å². The highest BCUT2D eigenvalue weighted by molar-refractivity contribution is 7.99. The van der Waals surface area contributed by atoms with Crippen molar-refractivity contribution in [3.05, 3.63) is 0 Å². The van der Waals surface area contributed by atoms with Crippen LogP contribution in [0.3, 0.4) is 0 Å². The second-order valence-electron chi connectivity index (χ2n) is 3.06. The number of hydrogen-bond acceptors (Lipinski definition) is 6. The second kappa shape index (κ2) is 9.47. The van der Waals surface area contributed by atoms with E-state index in [1.54, 1.807) is 16.7 Å². The zero-order chi connectivity index (χ0) is 12.4. The molecule has 16 heavy (non-hydrogen) atoms. The van der Waals surface area contributed by atoms with Crippen LogP contribution in [0.15, 0.2) is 0 Å². The van der Waals surface area contributed by atoms with Gasteiger partial charge in [-0.15, -0.1) is 0 Å². The number of methoxy groups -OCH3 is 2. The van der Waals surface area contributed by atoms with Gasteiger partial charge in [-0.05, 0) is 5.75 Å². The largest absolute Gasteiger partial charge is 0.468 e. The Kier molecular flexibility index (Phi) is 9.03. The van der Waals surface area contributed by atoms with Gasteiger partial charge in [0.1, 0.15) is 0 Å². The lowest BCUT2D eigenvalue weighted by molar-refractivity contribution is -0.145. The Balaban J connectivity index is 4.04. The summed E-state index contributed by atoms with van der Waals surface area (Å²) >= 11 is 1.76. The quantitative estimate of drug-likeness (QED) is 0.458. The van der Waals surface area contributed by atoms with Crippen LogP contribution in [0.2, 0.25) is 0 Å². The van der Waals surface area contributed by atoms with Crippen molar-refractivity contribution < 1.29 is 19.1 Å². The third-order valence-corrected chi connectivity index (χ3v) is 2.80. The second-order valence-corrected chi connectivity index (χ2v) is 4.45. The molecule has 0 saturated carbocycles. The first-order valence-corrected chi connectivity index (χ1v) is 6.23. The topological polar surface area (TPSA) is 55.8 Å². The van der Waals surface area contributed by atoms with Gasteiger partial charge in [0.2, 0.25) is 0 Å². The number of carbonyl (C=O) groups is 2. The van der Waals surface area contributed by atoms with Crippen LogP contribution in [0.4, 0.5) is 0 Å². The molecular formula is C10H19NO4S. The number of nitrogens with zero attached hydrogens (tertiary/aromatic N) is 1. The van der Waals surface area contributed by atoms with Gasteiger partial charge in [-0.3, -0.25) is 14.5 Å². The SMILES string of the molecule is CCSCCN(CC(=O)OC)CC(=O)OC. The molecule has 6 heteroatoms. The number of rotatable bonds is 8. The third kappa shape index (κ3) is 7.53. The highest BCUT2D eigenvalue weighted by atomic mass is 32.2. The summed E-state index contributed by atoms with van der Waals surface area (Å²) in [7, 11) is 2.67. The summed E-state index contributed by atoms with van der Waals surface area (Å²) < 4.78 is 9.13. The molecule has 0 fully saturated rings. The van der Waals surface area contributed by atoms with Crippen molar-refractivity contribution in [1.29, 1.82) is 0 Å². The summed E-state index contributed by atoms with van der Waals surface area (Å²) in [5.74, 6) is 1.21. The van der Waals surface area contributed by atoms with Crippen molar-refractivity contribution >= 4 is 23.7 Å². The first-order valence-electron chi connectivity index (χ1n) is 5.07. The molecule has 5 nitrogen and oxygen atoms in total. The summed E-state index contributed by atoms with van der Waals surface area (Å²) in [4.78, 5) is 23.9. The van der Waals surface area contributed by atoms with E-state index in [0.717, 1.165) is 11.5 Å². The Hall–Kier alpha value is -0.750. The highest BCUT2D eigenvalue weighted by Gasteiger charge is 2.14. The van der Waals surface area contributed by atoms with Gasteiger partial charge in [0.25, 0.3) is 0 Å². The summed E-state index contributed by atoms with van der Waals surface area (Å²) in [6.07, 6.45) is 0. The molecule has 0 spiro atoms. The van der Waals surface area contributed by atoms with Crippen molar-refractivity contribution in [3.63, 3.8) is 0 Å². The summed E-state index contributed by atoms with van der Waals surface area (Å²) in [6, 6.07) is 0. The van der Waals surface area contributed by atoms with Crippen molar-refractivity contribution in [3.8, 4) is 0 Å². The van der Waals surface area contributed by atoms with Crippen LogP contribution in [0, 0.1) is 0 Å². The minimum Gasteiger partial charge on any atom is -0.468 e. The average Bonchev–Trinajstić information content (AvgIpc) is 2.28. The molecule has 0 saturated heterocycles. The summed E-state index contributed by atoms with van der Waals surface area (Å²) in [6.45, 7) is 2.98. The van der Waals surface area contributed by atoms with Crippen LogP contribution in [-0.2, 0) is 19.1 Å². The predicted octanol–water partition coefficient (Wildman–Crippen LogP) is 0.387. The van der Waals surface area contributed by atoms with Crippen molar-refractivity contribution in [2.45, 2.75) is 6.92 Å². The first kappa shape index (κ1) is 15.2. The normalized spacial score (nSPS) is 10.2. The zero-order valence-corrected chi connectivity index (χ0v) is 10.8. The number of hydrogen-bond donors (Lipinski definition) is 0. The number of esters is 2. The molecule has 0 aromatic carbocycles. The fourth-order valence-electron chi connectivity index (χ4n) is 1.05. The van der Waals surface area contributed by atoms with Crippen LogP contribution in [-0.4, -0.2) is 62.2 Å². The molecule has 0 amide bonds. The minimum atomic E-state index is -0.342. The van der Waals surface area contributed by atoms with E-state index >= 15 is 0 Å². The van der Waals surface area contributed by atoms with Crippen molar-refractivity contribution in [1.82, 2.24) is 4.90 Å². The van der Waals surface area contributed by atoms with E-state index in [4.69, 9.17) is 0 Å². The Morgan fingerprint density at radius 2 is 1.62 bits per heavy atom. The first-order chi connectivity index (χ1) is 7.63. The Morgan fingerprint density at radius 1 is 1.12 bits per heavy atom. The molecule has 0 aliphatic carbocycles. The lowest BCUT2D eigenvalue weighted by atomic mass is 10.4. The third-order valence-electron chi connectivity index (χ3n) is 1.92. The standard InChI is InChI=1S/C10H19NO4S/c1-4-16-6-5-11(7-9(12)14-2)8-10(13)15-3/h4-8H2,1-3H3. The van der Waals surface area contributed by atoms with E-state index < -0.39 is 0 Å². The van der Waals surface area contributed by atoms with Gasteiger partial charge in [0, 0.05) is 12.3 Å². The minimum absolute atomic E-state index is 0.121. The van der Waals surface area contributed by atoms with Gasteiger partial charge in [-0.1, -0.05) is 6.92 Å². The predicted molar refractivity (Wildman–Crippen MR) is 63.5 cm³/mol. The maximum Gasteiger partial charge on any atom is 0.319 e. The summed E-state index contributed by atoms with van der Waals surface area (Å²) in [5, 5.41) is 0. The van der Waals surface area contributed by atoms with E-state index in [1.165, 1.54) is 14.2 Å². The molecular weight excluding hydrogens is 230 g/mol. The van der Waals surface area contributed by atoms with Gasteiger partial charge in [-0.2, -0.15) is 11.8 Å². The monoisotopic (exact) mass is 249 g/mol. The smallest absolute Gasteiger partial charge is 0.319 e. The molecule has 0 N–H and O–H groups in total. The van der Waals surface area contributed by atoms with E-state index in [0.29, 0.717) is 6.54 Å². The van der Waals surface area contributed by atoms with E-state index in [9.17, 15) is 9.59 Å². The van der Waals surface area contributed by atoms with E-state index in [2.05, 4.69) is 16.4 Å². The molecule has 0 rings (SSSR count). The molecule has 0 aromatic rings. The Labute approximate surface area is 100 Å². The lowest BCUT2D eigenvalue weighted by Crippen LogP contribution is -2.37. The number of thioether (sulfide) groups is 1. The summed E-state index contributed by atoms with van der Waals surface area (Å²) in [5.41, 5.74) is 0. The van der Waals surface area contributed by atoms with Crippen LogP contribution < -0.4 is 0 Å². The fourth-order valence-corrected chi connectivity index (χ4v) is 1.72. The molecule has 0 aromatic heterocycles. The van der Waals surface area contributed by atoms with E-state index in [1.807, 2.05) is 0 Å². The molecule has 0 radical (unpaired) electrons. The van der Waals surface area contributed by atoms with Crippen LogP contribution in [0.5, 0.6) is 0 Å². The lowest BCUT2D eigenvalue weighted by Gasteiger charge is -2.18. The highest BCUT2D eigenvalue weighted by Crippen LogP contribution is 2.00. The molecule has 0 aliphatic heterocycles. The number of carbonyl (C=O) groups excluding carboxylic acids is 2. The fraction of sp³-hybridized carbons (Fsp3) is 0.800. The van der Waals surface area contributed by atoms with Crippen molar-refractivity contribution in [2.75, 3.05) is 45.4 Å². The van der Waals surface area contributed by atoms with Crippen LogP contribution in [0.25, 0.3) is 0 Å². The Morgan fingerprint density at radius 3 is 2.00 bits per heavy atom. The van der Waals surface area contributed by atoms with Gasteiger partial charge in [0.05, 0.1) is 27.3 Å². The van der Waals surface area contributed by atoms with Gasteiger partial charge < -0.3 is 9.47 Å². The molecule has 0 bridgehead atoms. The zero-order valence-electron chi connectivity index (χ0n) is 10.0. The maximum atomic E-state index is 11.1. The van der Waals surface area contributed by atoms with Crippen molar-refractivity contribution in [2.24, 2.45) is 0 Å².